The zero-order chi connectivity index (χ0) is 11.4. The Morgan fingerprint density at radius 3 is 2.40 bits per heavy atom. The number of aliphatic hydroxyl groups is 2. The average Bonchev–Trinajstić information content (AvgIpc) is 2.23. The number of aliphatic hydroxyl groups excluding tert-OH is 2. The van der Waals surface area contributed by atoms with Crippen LogP contribution in [0.3, 0.4) is 0 Å². The molecule has 0 aliphatic rings. The normalized spacial score (nSPS) is 13.0. The molecular formula is C12H26O3. The van der Waals surface area contributed by atoms with Crippen LogP contribution < -0.4 is 0 Å². The van der Waals surface area contributed by atoms with Gasteiger partial charge in [0.25, 0.3) is 0 Å². The molecular weight excluding hydrogens is 192 g/mol. The summed E-state index contributed by atoms with van der Waals surface area (Å²) in [7, 11) is 0. The van der Waals surface area contributed by atoms with Crippen molar-refractivity contribution in [2.45, 2.75) is 64.6 Å². The quantitative estimate of drug-likeness (QED) is 0.414. The molecule has 0 bridgehead atoms. The number of hydrogen-bond acceptors (Lipinski definition) is 3. The van der Waals surface area contributed by atoms with E-state index in [0.717, 1.165) is 44.9 Å². The smallest absolute Gasteiger partial charge is 0.154 e. The highest BCUT2D eigenvalue weighted by molar-refractivity contribution is 4.46. The number of unbranched alkanes of at least 4 members (excludes halogenated alkanes) is 5. The Morgan fingerprint density at radius 1 is 1.00 bits per heavy atom. The first-order valence-electron chi connectivity index (χ1n) is 6.21. The molecule has 0 saturated heterocycles. The maximum atomic E-state index is 9.42. The van der Waals surface area contributed by atoms with Crippen LogP contribution in [-0.2, 0) is 4.74 Å². The van der Waals surface area contributed by atoms with Gasteiger partial charge in [0.1, 0.15) is 0 Å². The molecule has 3 heteroatoms. The monoisotopic (exact) mass is 218 g/mol. The van der Waals surface area contributed by atoms with Crippen LogP contribution in [0, 0.1) is 0 Å². The Balaban J connectivity index is 3.06. The highest BCUT2D eigenvalue weighted by atomic mass is 16.6. The van der Waals surface area contributed by atoms with Crippen LogP contribution in [0.5, 0.6) is 0 Å². The largest absolute Gasteiger partial charge is 0.396 e. The number of hydrogen-bond donors (Lipinski definition) is 2. The van der Waals surface area contributed by atoms with Gasteiger partial charge in [-0.2, -0.15) is 0 Å². The van der Waals surface area contributed by atoms with Crippen LogP contribution in [0.2, 0.25) is 0 Å². The second kappa shape index (κ2) is 12.0. The van der Waals surface area contributed by atoms with E-state index < -0.39 is 6.29 Å². The van der Waals surface area contributed by atoms with Gasteiger partial charge in [0, 0.05) is 13.2 Å². The second-order valence-corrected chi connectivity index (χ2v) is 3.96. The first-order chi connectivity index (χ1) is 7.31. The second-order valence-electron chi connectivity index (χ2n) is 3.96. The highest BCUT2D eigenvalue weighted by Gasteiger charge is 2.02. The Morgan fingerprint density at radius 2 is 1.73 bits per heavy atom. The molecule has 0 heterocycles. The Kier molecular flexibility index (Phi) is 11.9. The molecule has 0 aromatic carbocycles. The van der Waals surface area contributed by atoms with E-state index in [4.69, 9.17) is 9.84 Å². The standard InChI is InChI=1S/C12H26O3/c1-2-3-6-9-12(14)15-11-8-5-4-7-10-13/h12-14H,2-11H2,1H3. The van der Waals surface area contributed by atoms with Crippen molar-refractivity contribution in [2.75, 3.05) is 13.2 Å². The maximum absolute atomic E-state index is 9.42. The molecule has 0 amide bonds. The molecule has 0 saturated carbocycles. The maximum Gasteiger partial charge on any atom is 0.154 e. The molecule has 0 spiro atoms. The summed E-state index contributed by atoms with van der Waals surface area (Å²) in [6, 6.07) is 0. The van der Waals surface area contributed by atoms with E-state index in [1.54, 1.807) is 0 Å². The van der Waals surface area contributed by atoms with Gasteiger partial charge in [0.15, 0.2) is 6.29 Å². The summed E-state index contributed by atoms with van der Waals surface area (Å²) >= 11 is 0. The van der Waals surface area contributed by atoms with E-state index in [-0.39, 0.29) is 6.61 Å². The zero-order valence-corrected chi connectivity index (χ0v) is 9.95. The molecule has 0 radical (unpaired) electrons. The minimum absolute atomic E-state index is 0.278. The third-order valence-electron chi connectivity index (χ3n) is 2.42. The first-order valence-corrected chi connectivity index (χ1v) is 6.21. The lowest BCUT2D eigenvalue weighted by atomic mass is 10.2. The third-order valence-corrected chi connectivity index (χ3v) is 2.42. The average molecular weight is 218 g/mol. The number of rotatable bonds is 11. The van der Waals surface area contributed by atoms with Crippen LogP contribution in [0.1, 0.15) is 58.3 Å². The van der Waals surface area contributed by atoms with Crippen molar-refractivity contribution < 1.29 is 14.9 Å². The molecule has 0 fully saturated rings. The van der Waals surface area contributed by atoms with Crippen LogP contribution >= 0.6 is 0 Å². The fourth-order valence-corrected chi connectivity index (χ4v) is 1.44. The van der Waals surface area contributed by atoms with Gasteiger partial charge in [-0.25, -0.2) is 0 Å². The lowest BCUT2D eigenvalue weighted by molar-refractivity contribution is -0.105. The topological polar surface area (TPSA) is 49.7 Å². The Bertz CT molecular complexity index is 117. The molecule has 0 aliphatic carbocycles. The molecule has 0 rings (SSSR count). The van der Waals surface area contributed by atoms with Gasteiger partial charge in [-0.15, -0.1) is 0 Å². The minimum Gasteiger partial charge on any atom is -0.396 e. The summed E-state index contributed by atoms with van der Waals surface area (Å²) in [5.41, 5.74) is 0. The van der Waals surface area contributed by atoms with Crippen molar-refractivity contribution in [3.63, 3.8) is 0 Å². The van der Waals surface area contributed by atoms with Crippen molar-refractivity contribution in [3.8, 4) is 0 Å². The molecule has 3 nitrogen and oxygen atoms in total. The van der Waals surface area contributed by atoms with E-state index in [9.17, 15) is 5.11 Å². The van der Waals surface area contributed by atoms with Gasteiger partial charge in [-0.3, -0.25) is 0 Å². The third kappa shape index (κ3) is 11.8. The molecule has 15 heavy (non-hydrogen) atoms. The molecule has 1 unspecified atom stereocenters. The van der Waals surface area contributed by atoms with Crippen LogP contribution in [0.15, 0.2) is 0 Å². The molecule has 0 aromatic heterocycles. The van der Waals surface area contributed by atoms with Crippen LogP contribution in [0.25, 0.3) is 0 Å². The van der Waals surface area contributed by atoms with Crippen molar-refractivity contribution in [1.82, 2.24) is 0 Å². The van der Waals surface area contributed by atoms with Crippen molar-refractivity contribution >= 4 is 0 Å². The van der Waals surface area contributed by atoms with Gasteiger partial charge >= 0.3 is 0 Å². The van der Waals surface area contributed by atoms with Crippen molar-refractivity contribution in [3.05, 3.63) is 0 Å². The molecule has 1 atom stereocenters. The van der Waals surface area contributed by atoms with E-state index >= 15 is 0 Å². The van der Waals surface area contributed by atoms with E-state index in [2.05, 4.69) is 6.92 Å². The predicted octanol–water partition coefficient (Wildman–Crippen LogP) is 2.45. The predicted molar refractivity (Wildman–Crippen MR) is 61.7 cm³/mol. The highest BCUT2D eigenvalue weighted by Crippen LogP contribution is 2.06. The van der Waals surface area contributed by atoms with Crippen molar-refractivity contribution in [2.24, 2.45) is 0 Å². The summed E-state index contributed by atoms with van der Waals surface area (Å²) in [5.74, 6) is 0. The molecule has 0 aromatic rings. The summed E-state index contributed by atoms with van der Waals surface area (Å²) in [6.07, 6.45) is 7.53. The zero-order valence-electron chi connectivity index (χ0n) is 9.95. The SMILES string of the molecule is CCCCCC(O)OCCCCCCO. The van der Waals surface area contributed by atoms with Crippen LogP contribution in [-0.4, -0.2) is 29.7 Å². The van der Waals surface area contributed by atoms with Gasteiger partial charge in [-0.05, 0) is 25.7 Å². The fraction of sp³-hybridized carbons (Fsp3) is 1.00. The van der Waals surface area contributed by atoms with Gasteiger partial charge in [-0.1, -0.05) is 32.6 Å². The lowest BCUT2D eigenvalue weighted by Gasteiger charge is -2.11. The van der Waals surface area contributed by atoms with Gasteiger partial charge < -0.3 is 14.9 Å². The van der Waals surface area contributed by atoms with Gasteiger partial charge in [0.05, 0.1) is 0 Å². The lowest BCUT2D eigenvalue weighted by Crippen LogP contribution is -2.12. The number of ether oxygens (including phenoxy) is 1. The summed E-state index contributed by atoms with van der Waals surface area (Å²) in [5, 5.41) is 18.0. The van der Waals surface area contributed by atoms with Gasteiger partial charge in [0.2, 0.25) is 0 Å². The van der Waals surface area contributed by atoms with E-state index in [0.29, 0.717) is 6.61 Å². The molecule has 2 N–H and O–H groups in total. The Labute approximate surface area is 93.5 Å². The summed E-state index contributed by atoms with van der Waals surface area (Å²) in [4.78, 5) is 0. The first kappa shape index (κ1) is 14.9. The van der Waals surface area contributed by atoms with E-state index in [1.807, 2.05) is 0 Å². The Hall–Kier alpha value is -0.120. The van der Waals surface area contributed by atoms with E-state index in [1.165, 1.54) is 6.42 Å². The van der Waals surface area contributed by atoms with Crippen molar-refractivity contribution in [1.29, 1.82) is 0 Å². The molecule has 92 valence electrons. The summed E-state index contributed by atoms with van der Waals surface area (Å²) in [6.45, 7) is 3.06. The minimum atomic E-state index is -0.575. The fourth-order valence-electron chi connectivity index (χ4n) is 1.44. The molecule has 0 aliphatic heterocycles. The summed E-state index contributed by atoms with van der Waals surface area (Å²) < 4.78 is 5.26. The van der Waals surface area contributed by atoms with Crippen LogP contribution in [0.4, 0.5) is 0 Å².